The van der Waals surface area contributed by atoms with E-state index in [2.05, 4.69) is 11.6 Å². The molecule has 0 atom stereocenters. The fourth-order valence-electron chi connectivity index (χ4n) is 0.492. The number of allylic oxidation sites excluding steroid dienone is 1. The second kappa shape index (κ2) is 1.73. The molecule has 36 valence electrons. The Labute approximate surface area is 43.1 Å². The van der Waals surface area contributed by atoms with E-state index in [-0.39, 0.29) is 0 Å². The molecule has 0 saturated heterocycles. The highest BCUT2D eigenvalue weighted by Gasteiger charge is 1.90. The fraction of sp³-hybridized carbons (Fsp3) is 0.167. The molecular weight excluding hydrogens is 86.1 g/mol. The van der Waals surface area contributed by atoms with Crippen molar-refractivity contribution in [3.05, 3.63) is 24.3 Å². The van der Waals surface area contributed by atoms with Gasteiger partial charge < -0.3 is 0 Å². The SMILES string of the molecule is C=CC1=CC=NC1. The first kappa shape index (κ1) is 4.31. The van der Waals surface area contributed by atoms with Gasteiger partial charge in [-0.25, -0.2) is 0 Å². The van der Waals surface area contributed by atoms with Gasteiger partial charge in [0.25, 0.3) is 0 Å². The third-order valence-electron chi connectivity index (χ3n) is 0.930. The van der Waals surface area contributed by atoms with Gasteiger partial charge in [0, 0.05) is 6.21 Å². The first-order chi connectivity index (χ1) is 3.43. The Kier molecular flexibility index (Phi) is 1.07. The third kappa shape index (κ3) is 0.769. The van der Waals surface area contributed by atoms with Crippen molar-refractivity contribution in [1.29, 1.82) is 0 Å². The van der Waals surface area contributed by atoms with E-state index in [1.807, 2.05) is 12.2 Å². The van der Waals surface area contributed by atoms with Crippen LogP contribution in [-0.4, -0.2) is 12.8 Å². The highest BCUT2D eigenvalue weighted by atomic mass is 14.7. The highest BCUT2D eigenvalue weighted by molar-refractivity contribution is 5.76. The Hall–Kier alpha value is -0.850. The standard InChI is InChI=1S/C6H7N/c1-2-6-3-4-7-5-6/h2-4H,1,5H2. The topological polar surface area (TPSA) is 12.4 Å². The van der Waals surface area contributed by atoms with Crippen LogP contribution in [0.1, 0.15) is 0 Å². The Morgan fingerprint density at radius 1 is 1.86 bits per heavy atom. The number of nitrogens with zero attached hydrogens (tertiary/aromatic N) is 1. The molecule has 1 heteroatoms. The molecule has 0 aromatic carbocycles. The molecule has 1 rings (SSSR count). The lowest BCUT2D eigenvalue weighted by Gasteiger charge is -1.81. The quantitative estimate of drug-likeness (QED) is 0.461. The van der Waals surface area contributed by atoms with Crippen molar-refractivity contribution in [2.45, 2.75) is 0 Å². The van der Waals surface area contributed by atoms with E-state index >= 15 is 0 Å². The van der Waals surface area contributed by atoms with Crippen LogP contribution in [0.25, 0.3) is 0 Å². The lowest BCUT2D eigenvalue weighted by Crippen LogP contribution is -1.73. The van der Waals surface area contributed by atoms with Crippen molar-refractivity contribution < 1.29 is 0 Å². The van der Waals surface area contributed by atoms with Crippen molar-refractivity contribution >= 4 is 6.21 Å². The van der Waals surface area contributed by atoms with Gasteiger partial charge in [0.05, 0.1) is 6.54 Å². The van der Waals surface area contributed by atoms with Gasteiger partial charge in [-0.1, -0.05) is 12.7 Å². The summed E-state index contributed by atoms with van der Waals surface area (Å²) in [7, 11) is 0. The second-order valence-corrected chi connectivity index (χ2v) is 1.44. The monoisotopic (exact) mass is 93.1 g/mol. The summed E-state index contributed by atoms with van der Waals surface area (Å²) in [6.45, 7) is 4.42. The van der Waals surface area contributed by atoms with Crippen LogP contribution < -0.4 is 0 Å². The molecule has 0 bridgehead atoms. The zero-order chi connectivity index (χ0) is 5.11. The highest BCUT2D eigenvalue weighted by Crippen LogP contribution is 1.98. The number of rotatable bonds is 1. The van der Waals surface area contributed by atoms with Crippen molar-refractivity contribution in [2.75, 3.05) is 6.54 Å². The molecule has 0 spiro atoms. The van der Waals surface area contributed by atoms with Crippen LogP contribution in [-0.2, 0) is 0 Å². The zero-order valence-electron chi connectivity index (χ0n) is 4.09. The van der Waals surface area contributed by atoms with Crippen LogP contribution in [0, 0.1) is 0 Å². The van der Waals surface area contributed by atoms with E-state index in [4.69, 9.17) is 0 Å². The average molecular weight is 93.1 g/mol. The molecule has 1 aliphatic rings. The Balaban J connectivity index is 2.61. The smallest absolute Gasteiger partial charge is 0.0640 e. The van der Waals surface area contributed by atoms with E-state index in [0.29, 0.717) is 0 Å². The summed E-state index contributed by atoms with van der Waals surface area (Å²) in [6.07, 6.45) is 5.59. The third-order valence-corrected chi connectivity index (χ3v) is 0.930. The molecule has 0 radical (unpaired) electrons. The van der Waals surface area contributed by atoms with Crippen LogP contribution in [0.5, 0.6) is 0 Å². The largest absolute Gasteiger partial charge is 0.288 e. The van der Waals surface area contributed by atoms with Crippen LogP contribution in [0.3, 0.4) is 0 Å². The van der Waals surface area contributed by atoms with Crippen molar-refractivity contribution in [3.63, 3.8) is 0 Å². The maximum absolute atomic E-state index is 3.95. The maximum atomic E-state index is 3.95. The van der Waals surface area contributed by atoms with Gasteiger partial charge in [0.15, 0.2) is 0 Å². The van der Waals surface area contributed by atoms with Crippen molar-refractivity contribution in [3.8, 4) is 0 Å². The minimum absolute atomic E-state index is 0.823. The molecule has 0 saturated carbocycles. The normalized spacial score (nSPS) is 16.9. The fourth-order valence-corrected chi connectivity index (χ4v) is 0.492. The van der Waals surface area contributed by atoms with Gasteiger partial charge in [-0.05, 0) is 11.6 Å². The molecule has 0 amide bonds. The Morgan fingerprint density at radius 3 is 3.00 bits per heavy atom. The van der Waals surface area contributed by atoms with Gasteiger partial charge in [-0.3, -0.25) is 4.99 Å². The molecule has 0 unspecified atom stereocenters. The number of hydrogen-bond donors (Lipinski definition) is 0. The van der Waals surface area contributed by atoms with Gasteiger partial charge >= 0.3 is 0 Å². The lowest BCUT2D eigenvalue weighted by molar-refractivity contribution is 1.23. The van der Waals surface area contributed by atoms with Gasteiger partial charge in [-0.2, -0.15) is 0 Å². The zero-order valence-corrected chi connectivity index (χ0v) is 4.09. The molecule has 1 aliphatic heterocycles. The summed E-state index contributed by atoms with van der Waals surface area (Å²) in [6, 6.07) is 0. The number of aliphatic imine (C=N–C) groups is 1. The van der Waals surface area contributed by atoms with Crippen molar-refractivity contribution in [2.24, 2.45) is 4.99 Å². The van der Waals surface area contributed by atoms with Crippen LogP contribution in [0.2, 0.25) is 0 Å². The van der Waals surface area contributed by atoms with Gasteiger partial charge in [0.2, 0.25) is 0 Å². The molecule has 1 heterocycles. The van der Waals surface area contributed by atoms with Gasteiger partial charge in [-0.15, -0.1) is 0 Å². The first-order valence-electron chi connectivity index (χ1n) is 2.25. The van der Waals surface area contributed by atoms with Crippen LogP contribution >= 0.6 is 0 Å². The summed E-state index contributed by atoms with van der Waals surface area (Å²) in [4.78, 5) is 3.95. The van der Waals surface area contributed by atoms with Crippen LogP contribution in [0.15, 0.2) is 29.3 Å². The number of hydrogen-bond acceptors (Lipinski definition) is 1. The molecule has 7 heavy (non-hydrogen) atoms. The van der Waals surface area contributed by atoms with E-state index in [9.17, 15) is 0 Å². The molecule has 0 N–H and O–H groups in total. The lowest BCUT2D eigenvalue weighted by atomic mass is 10.3. The molecule has 0 aliphatic carbocycles. The summed E-state index contributed by atoms with van der Waals surface area (Å²) >= 11 is 0. The first-order valence-corrected chi connectivity index (χ1v) is 2.25. The molecule has 0 aromatic heterocycles. The maximum Gasteiger partial charge on any atom is 0.0640 e. The predicted octanol–water partition coefficient (Wildman–Crippen LogP) is 1.18. The van der Waals surface area contributed by atoms with Crippen LogP contribution in [0.4, 0.5) is 0 Å². The van der Waals surface area contributed by atoms with E-state index in [0.717, 1.165) is 6.54 Å². The summed E-state index contributed by atoms with van der Waals surface area (Å²) in [5.41, 5.74) is 1.21. The van der Waals surface area contributed by atoms with Crippen molar-refractivity contribution in [1.82, 2.24) is 0 Å². The average Bonchev–Trinajstić information content (AvgIpc) is 2.14. The molecular formula is C6H7N. The van der Waals surface area contributed by atoms with E-state index in [1.165, 1.54) is 5.57 Å². The Bertz CT molecular complexity index is 131. The van der Waals surface area contributed by atoms with E-state index in [1.54, 1.807) is 6.21 Å². The Morgan fingerprint density at radius 2 is 2.71 bits per heavy atom. The summed E-state index contributed by atoms with van der Waals surface area (Å²) in [5.74, 6) is 0. The van der Waals surface area contributed by atoms with Gasteiger partial charge in [0.1, 0.15) is 0 Å². The summed E-state index contributed by atoms with van der Waals surface area (Å²) < 4.78 is 0. The molecule has 1 nitrogen and oxygen atoms in total. The molecule has 0 aromatic rings. The molecule has 0 fully saturated rings. The minimum Gasteiger partial charge on any atom is -0.288 e. The second-order valence-electron chi connectivity index (χ2n) is 1.44. The predicted molar refractivity (Wildman–Crippen MR) is 31.6 cm³/mol. The van der Waals surface area contributed by atoms with E-state index < -0.39 is 0 Å². The summed E-state index contributed by atoms with van der Waals surface area (Å²) in [5, 5.41) is 0. The minimum atomic E-state index is 0.823.